The summed E-state index contributed by atoms with van der Waals surface area (Å²) in [4.78, 5) is 0. The standard InChI is InChI=1S/C9H20ClOP.C8H18ClOP.C7H16ClOP.C6H14ClOP.C5H12ClOP.C4H10ClOP.C3H8ClOP/c1-3-4-5-6-7-8-9-12(2,10)11;1-3-4-5-6-7-8-11(2,9)10;1-3-4-5-6-7-10(2,8)9;1-3-4-5-6-9(2,7)8;1-3-4-5-8(2,6)7;1-3-4-7(2,5)6;1-3-6(2,4)5/h3-9H2,1-2H3;3-8H2,1-2H3;3-7H2,1-2H3;3-6H2,1-2H3;3-5H2,1-2H3;3-4H2,1-2H3;3H2,1-2H3. The fourth-order valence-electron chi connectivity index (χ4n) is 4.48. The Balaban J connectivity index is -0.000000117. The summed E-state index contributed by atoms with van der Waals surface area (Å²) in [6.07, 6.45) is 29.1. The molecule has 0 aromatic rings. The van der Waals surface area contributed by atoms with Gasteiger partial charge in [-0.15, -0.1) is 0 Å². The van der Waals surface area contributed by atoms with Crippen LogP contribution in [0.5, 0.6) is 0 Å². The van der Waals surface area contributed by atoms with Crippen LogP contribution in [0.1, 0.15) is 183 Å². The Morgan fingerprint density at radius 2 is 0.381 bits per heavy atom. The summed E-state index contributed by atoms with van der Waals surface area (Å²) in [7, 11) is 0. The van der Waals surface area contributed by atoms with Crippen molar-refractivity contribution in [2.75, 3.05) is 89.8 Å². The second-order valence-corrected chi connectivity index (χ2v) is 49.0. The molecular formula is C42H98Cl7O7P7. The van der Waals surface area contributed by atoms with Crippen LogP contribution in [0.2, 0.25) is 0 Å². The molecule has 0 bridgehead atoms. The third-order valence-electron chi connectivity index (χ3n) is 8.24. The average Bonchev–Trinajstić information content (AvgIpc) is 3.09. The van der Waals surface area contributed by atoms with Crippen LogP contribution in [0.15, 0.2) is 0 Å². The highest BCUT2D eigenvalue weighted by Crippen LogP contribution is 2.50. The van der Waals surface area contributed by atoms with Crippen molar-refractivity contribution in [3.05, 3.63) is 0 Å². The molecule has 0 aromatic heterocycles. The summed E-state index contributed by atoms with van der Waals surface area (Å²) < 4.78 is 75.5. The van der Waals surface area contributed by atoms with Crippen LogP contribution in [0.25, 0.3) is 0 Å². The third-order valence-corrected chi connectivity index (χ3v) is 20.0. The van der Waals surface area contributed by atoms with E-state index in [1.807, 2.05) is 13.8 Å². The lowest BCUT2D eigenvalue weighted by molar-refractivity contribution is 0.580. The first-order chi connectivity index (χ1) is 28.4. The van der Waals surface area contributed by atoms with Gasteiger partial charge in [0.2, 0.25) is 0 Å². The Hall–Kier alpha value is 3.64. The van der Waals surface area contributed by atoms with Gasteiger partial charge in [0.25, 0.3) is 0 Å². The summed E-state index contributed by atoms with van der Waals surface area (Å²) >= 11 is 38.5. The van der Waals surface area contributed by atoms with Crippen LogP contribution in [-0.4, -0.2) is 89.8 Å². The van der Waals surface area contributed by atoms with E-state index in [0.29, 0.717) is 43.1 Å². The van der Waals surface area contributed by atoms with E-state index in [9.17, 15) is 32.0 Å². The molecule has 0 N–H and O–H groups in total. The molecule has 7 atom stereocenters. The molecule has 392 valence electrons. The van der Waals surface area contributed by atoms with Gasteiger partial charge in [-0.3, -0.25) is 0 Å². The normalized spacial score (nSPS) is 17.2. The van der Waals surface area contributed by atoms with Crippen LogP contribution in [-0.2, 0) is 32.0 Å². The number of unbranched alkanes of at least 4 members (excludes halogenated alkanes) is 15. The van der Waals surface area contributed by atoms with Gasteiger partial charge in [0.05, 0.1) is 0 Å². The molecule has 7 unspecified atom stereocenters. The summed E-state index contributed by atoms with van der Waals surface area (Å²) in [5.41, 5.74) is 0. The monoisotopic (exact) mass is 1180 g/mol. The fraction of sp³-hybridized carbons (Fsp3) is 1.00. The fourth-order valence-corrected chi connectivity index (χ4v) is 11.6. The van der Waals surface area contributed by atoms with E-state index in [1.54, 1.807) is 46.7 Å². The van der Waals surface area contributed by atoms with Gasteiger partial charge in [-0.25, -0.2) is 0 Å². The second kappa shape index (κ2) is 50.6. The highest BCUT2D eigenvalue weighted by atomic mass is 35.7. The lowest BCUT2D eigenvalue weighted by Crippen LogP contribution is -1.84. The molecule has 0 rings (SSSR count). The largest absolute Gasteiger partial charge is 0.307 e. The first-order valence-electron chi connectivity index (χ1n) is 23.3. The maximum atomic E-state index is 11.1. The Bertz CT molecular complexity index is 1300. The van der Waals surface area contributed by atoms with Gasteiger partial charge < -0.3 is 32.0 Å². The topological polar surface area (TPSA) is 119 Å². The van der Waals surface area contributed by atoms with Crippen molar-refractivity contribution in [1.82, 2.24) is 0 Å². The highest BCUT2D eigenvalue weighted by molar-refractivity contribution is 7.90. The first-order valence-corrected chi connectivity index (χ1v) is 46.0. The van der Waals surface area contributed by atoms with Crippen molar-refractivity contribution in [3.63, 3.8) is 0 Å². The smallest absolute Gasteiger partial charge is 0.166 e. The minimum Gasteiger partial charge on any atom is -0.307 e. The molecule has 0 aliphatic carbocycles. The first kappa shape index (κ1) is 80.7. The molecule has 0 saturated carbocycles. The van der Waals surface area contributed by atoms with Crippen molar-refractivity contribution >= 4 is 124 Å². The van der Waals surface area contributed by atoms with Crippen molar-refractivity contribution in [2.45, 2.75) is 183 Å². The Morgan fingerprint density at radius 3 is 0.540 bits per heavy atom. The number of hydrogen-bond donors (Lipinski definition) is 0. The molecule has 63 heavy (non-hydrogen) atoms. The van der Waals surface area contributed by atoms with Gasteiger partial charge in [0.15, 0.2) is 45.5 Å². The molecule has 0 aliphatic rings. The van der Waals surface area contributed by atoms with Crippen molar-refractivity contribution in [2.24, 2.45) is 0 Å². The molecule has 0 aromatic carbocycles. The zero-order valence-corrected chi connectivity index (χ0v) is 54.0. The Morgan fingerprint density at radius 1 is 0.222 bits per heavy atom. The zero-order chi connectivity index (χ0) is 51.3. The number of rotatable bonds is 28. The lowest BCUT2D eigenvalue weighted by Gasteiger charge is -2.03. The molecule has 0 spiro atoms. The van der Waals surface area contributed by atoms with Gasteiger partial charge in [-0.2, -0.15) is 0 Å². The molecule has 0 saturated heterocycles. The summed E-state index contributed by atoms with van der Waals surface area (Å²) in [6, 6.07) is 0. The Labute approximate surface area is 425 Å². The van der Waals surface area contributed by atoms with E-state index in [4.69, 9.17) is 78.7 Å². The molecule has 7 nitrogen and oxygen atoms in total. The second-order valence-electron chi connectivity index (χ2n) is 16.9. The van der Waals surface area contributed by atoms with Crippen LogP contribution in [0, 0.1) is 0 Å². The average molecular weight is 1180 g/mol. The van der Waals surface area contributed by atoms with E-state index < -0.39 is 45.5 Å². The van der Waals surface area contributed by atoms with Crippen molar-refractivity contribution in [1.29, 1.82) is 0 Å². The molecule has 0 radical (unpaired) electrons. The number of hydrogen-bond acceptors (Lipinski definition) is 7. The van der Waals surface area contributed by atoms with Gasteiger partial charge >= 0.3 is 0 Å². The van der Waals surface area contributed by atoms with Gasteiger partial charge in [-0.05, 0) is 38.5 Å². The van der Waals surface area contributed by atoms with E-state index >= 15 is 0 Å². The molecular weight excluding hydrogens is 1080 g/mol. The summed E-state index contributed by atoms with van der Waals surface area (Å²) in [5.74, 6) is 0. The van der Waals surface area contributed by atoms with Crippen molar-refractivity contribution < 1.29 is 32.0 Å². The predicted molar refractivity (Wildman–Crippen MR) is 306 cm³/mol. The molecule has 0 aliphatic heterocycles. The molecule has 0 heterocycles. The highest BCUT2D eigenvalue weighted by Gasteiger charge is 2.11. The van der Waals surface area contributed by atoms with Crippen LogP contribution in [0.4, 0.5) is 0 Å². The zero-order valence-electron chi connectivity index (χ0n) is 42.4. The van der Waals surface area contributed by atoms with Crippen LogP contribution < -0.4 is 0 Å². The van der Waals surface area contributed by atoms with E-state index in [0.717, 1.165) is 57.8 Å². The van der Waals surface area contributed by atoms with Gasteiger partial charge in [-0.1, -0.05) is 223 Å². The van der Waals surface area contributed by atoms with Gasteiger partial charge in [0, 0.05) is 89.8 Å². The van der Waals surface area contributed by atoms with Gasteiger partial charge in [0.1, 0.15) is 0 Å². The van der Waals surface area contributed by atoms with E-state index in [1.165, 1.54) is 77.0 Å². The maximum Gasteiger partial charge on any atom is 0.166 e. The van der Waals surface area contributed by atoms with E-state index in [2.05, 4.69) is 34.6 Å². The molecule has 21 heteroatoms. The Kier molecular flexibility index (Phi) is 64.8. The minimum atomic E-state index is -2.25. The molecule has 0 fully saturated rings. The lowest BCUT2D eigenvalue weighted by atomic mass is 10.1. The number of halogens is 7. The SMILES string of the molecule is CCCCCCCCP(C)(=O)Cl.CCCCCCCP(C)(=O)Cl.CCCCCCP(C)(=O)Cl.CCCCCP(C)(=O)Cl.CCCCP(C)(=O)Cl.CCCP(C)(=O)Cl.CCP(C)(=O)Cl. The molecule has 0 amide bonds. The van der Waals surface area contributed by atoms with E-state index in [-0.39, 0.29) is 0 Å². The maximum absolute atomic E-state index is 11.1. The van der Waals surface area contributed by atoms with Crippen LogP contribution >= 0.6 is 124 Å². The predicted octanol–water partition coefficient (Wildman–Crippen LogP) is 23.3. The summed E-state index contributed by atoms with van der Waals surface area (Å²) in [5, 5.41) is 0. The van der Waals surface area contributed by atoms with Crippen LogP contribution in [0.3, 0.4) is 0 Å². The quantitative estimate of drug-likeness (QED) is 0.0565. The third kappa shape index (κ3) is 128. The minimum absolute atomic E-state index is 0.592. The summed E-state index contributed by atoms with van der Waals surface area (Å²) in [6.45, 7) is 10.3. The van der Waals surface area contributed by atoms with Crippen molar-refractivity contribution in [3.8, 4) is 0 Å².